The highest BCUT2D eigenvalue weighted by molar-refractivity contribution is 9.11. The van der Waals surface area contributed by atoms with Crippen molar-refractivity contribution in [3.8, 4) is 0 Å². The maximum atomic E-state index is 11.4. The number of halogens is 1. The van der Waals surface area contributed by atoms with Crippen LogP contribution in [-0.4, -0.2) is 24.8 Å². The van der Waals surface area contributed by atoms with Crippen molar-refractivity contribution < 1.29 is 19.1 Å². The van der Waals surface area contributed by atoms with E-state index in [0.29, 0.717) is 12.1 Å². The molecule has 19 heavy (non-hydrogen) atoms. The Balaban J connectivity index is 2.81. The minimum atomic E-state index is -0.503. The van der Waals surface area contributed by atoms with Crippen LogP contribution in [0, 0.1) is 0 Å². The summed E-state index contributed by atoms with van der Waals surface area (Å²) >= 11 is 3.48. The molecule has 0 aromatic heterocycles. The molecule has 1 heterocycles. The second-order valence-electron chi connectivity index (χ2n) is 4.42. The van der Waals surface area contributed by atoms with E-state index < -0.39 is 12.2 Å². The average Bonchev–Trinajstić information content (AvgIpc) is 2.51. The van der Waals surface area contributed by atoms with Gasteiger partial charge in [-0.2, -0.15) is 0 Å². The average molecular weight is 334 g/mol. The summed E-state index contributed by atoms with van der Waals surface area (Å²) in [5.41, 5.74) is 0.605. The molecule has 0 aromatic rings. The van der Waals surface area contributed by atoms with Crippen LogP contribution in [0.15, 0.2) is 10.2 Å². The third-order valence-electron chi connectivity index (χ3n) is 2.77. The number of ether oxygens (including phenoxy) is 2. The summed E-state index contributed by atoms with van der Waals surface area (Å²) in [7, 11) is 0. The Morgan fingerprint density at radius 2 is 2.26 bits per heavy atom. The van der Waals surface area contributed by atoms with Gasteiger partial charge in [0.1, 0.15) is 6.10 Å². The van der Waals surface area contributed by atoms with Crippen LogP contribution in [0.2, 0.25) is 0 Å². The molecule has 0 bridgehead atoms. The number of cyclic esters (lactones) is 1. The van der Waals surface area contributed by atoms with E-state index in [-0.39, 0.29) is 12.6 Å². The van der Waals surface area contributed by atoms with Gasteiger partial charge in [-0.25, -0.2) is 4.79 Å². The van der Waals surface area contributed by atoms with Gasteiger partial charge in [0.05, 0.1) is 12.3 Å². The highest BCUT2D eigenvalue weighted by Crippen LogP contribution is 2.25. The molecule has 0 radical (unpaired) electrons. The van der Waals surface area contributed by atoms with Crippen LogP contribution in [0.4, 0.5) is 4.79 Å². The van der Waals surface area contributed by atoms with Gasteiger partial charge in [-0.3, -0.25) is 10.1 Å². The van der Waals surface area contributed by atoms with E-state index in [4.69, 9.17) is 9.47 Å². The molecule has 5 nitrogen and oxygen atoms in total. The zero-order chi connectivity index (χ0) is 14.3. The number of alkyl carbamates (subject to hydrolysis) is 1. The standard InChI is InChI=1S/C13H20BrNO4/c1-3-4-5-6-10(14)12-11(19-9(2)16)7-8-18-13(17)15-12/h11H,3-8H2,1-2H3,(H,15,17). The van der Waals surface area contributed by atoms with E-state index in [1.807, 2.05) is 0 Å². The van der Waals surface area contributed by atoms with Gasteiger partial charge in [-0.15, -0.1) is 0 Å². The van der Waals surface area contributed by atoms with Gasteiger partial charge in [0.2, 0.25) is 0 Å². The van der Waals surface area contributed by atoms with Crippen LogP contribution >= 0.6 is 15.9 Å². The Kier molecular flexibility index (Phi) is 6.91. The number of carbonyl (C=O) groups is 2. The first-order chi connectivity index (χ1) is 9.04. The number of hydrogen-bond acceptors (Lipinski definition) is 4. The number of esters is 1. The summed E-state index contributed by atoms with van der Waals surface area (Å²) in [5.74, 6) is -0.368. The summed E-state index contributed by atoms with van der Waals surface area (Å²) < 4.78 is 11.0. The smallest absolute Gasteiger partial charge is 0.411 e. The molecule has 1 amide bonds. The third kappa shape index (κ3) is 5.63. The number of nitrogens with one attached hydrogen (secondary N) is 1. The first-order valence-electron chi connectivity index (χ1n) is 6.54. The largest absolute Gasteiger partial charge is 0.456 e. The van der Waals surface area contributed by atoms with Crippen molar-refractivity contribution in [2.24, 2.45) is 0 Å². The lowest BCUT2D eigenvalue weighted by molar-refractivity contribution is -0.145. The van der Waals surface area contributed by atoms with Gasteiger partial charge in [-0.05, 0) is 12.8 Å². The lowest BCUT2D eigenvalue weighted by Crippen LogP contribution is -2.29. The first-order valence-corrected chi connectivity index (χ1v) is 7.33. The van der Waals surface area contributed by atoms with Crippen molar-refractivity contribution in [3.63, 3.8) is 0 Å². The predicted molar refractivity (Wildman–Crippen MR) is 74.7 cm³/mol. The first kappa shape index (κ1) is 16.0. The van der Waals surface area contributed by atoms with Crippen LogP contribution in [-0.2, 0) is 14.3 Å². The number of unbranched alkanes of at least 4 members (excludes halogenated alkanes) is 2. The monoisotopic (exact) mass is 333 g/mol. The van der Waals surface area contributed by atoms with Crippen molar-refractivity contribution in [2.45, 2.75) is 52.1 Å². The molecule has 0 saturated carbocycles. The zero-order valence-corrected chi connectivity index (χ0v) is 12.9. The molecule has 1 unspecified atom stereocenters. The maximum Gasteiger partial charge on any atom is 0.411 e. The fourth-order valence-corrected chi connectivity index (χ4v) is 2.49. The van der Waals surface area contributed by atoms with Gasteiger partial charge in [0.15, 0.2) is 0 Å². The van der Waals surface area contributed by atoms with E-state index in [2.05, 4.69) is 28.2 Å². The van der Waals surface area contributed by atoms with Crippen molar-refractivity contribution >= 4 is 28.0 Å². The fourth-order valence-electron chi connectivity index (χ4n) is 1.86. The SMILES string of the molecule is CCCCCC(Br)=C1NC(=O)OCCC1OC(C)=O. The molecular weight excluding hydrogens is 314 g/mol. The number of carbonyl (C=O) groups excluding carboxylic acids is 2. The number of allylic oxidation sites excluding steroid dienone is 1. The maximum absolute atomic E-state index is 11.4. The van der Waals surface area contributed by atoms with Gasteiger partial charge in [0, 0.05) is 17.8 Å². The molecular formula is C13H20BrNO4. The second kappa shape index (κ2) is 8.19. The quantitative estimate of drug-likeness (QED) is 0.619. The van der Waals surface area contributed by atoms with Gasteiger partial charge in [-0.1, -0.05) is 35.7 Å². The minimum absolute atomic E-state index is 0.239. The number of amides is 1. The van der Waals surface area contributed by atoms with E-state index in [1.54, 1.807) is 0 Å². The van der Waals surface area contributed by atoms with Gasteiger partial charge >= 0.3 is 12.1 Å². The minimum Gasteiger partial charge on any atom is -0.456 e. The molecule has 1 atom stereocenters. The molecule has 1 saturated heterocycles. The molecule has 0 aromatic carbocycles. The summed E-state index contributed by atoms with van der Waals surface area (Å²) in [4.78, 5) is 22.6. The molecule has 0 spiro atoms. The third-order valence-corrected chi connectivity index (χ3v) is 3.60. The van der Waals surface area contributed by atoms with Crippen LogP contribution in [0.1, 0.15) is 46.0 Å². The summed E-state index contributed by atoms with van der Waals surface area (Å²) in [6.45, 7) is 3.72. The summed E-state index contributed by atoms with van der Waals surface area (Å²) in [5, 5.41) is 2.66. The Hall–Kier alpha value is -1.04. The van der Waals surface area contributed by atoms with Crippen molar-refractivity contribution in [1.82, 2.24) is 5.32 Å². The molecule has 1 rings (SSSR count). The Morgan fingerprint density at radius 1 is 1.53 bits per heavy atom. The van der Waals surface area contributed by atoms with Crippen molar-refractivity contribution in [1.29, 1.82) is 0 Å². The molecule has 1 aliphatic heterocycles. The van der Waals surface area contributed by atoms with Crippen molar-refractivity contribution in [3.05, 3.63) is 10.2 Å². The van der Waals surface area contributed by atoms with Crippen molar-refractivity contribution in [2.75, 3.05) is 6.61 Å². The van der Waals surface area contributed by atoms with Crippen LogP contribution in [0.3, 0.4) is 0 Å². The molecule has 1 N–H and O–H groups in total. The lowest BCUT2D eigenvalue weighted by atomic mass is 10.1. The van der Waals surface area contributed by atoms with Crippen LogP contribution in [0.25, 0.3) is 0 Å². The molecule has 1 aliphatic rings. The normalized spacial score (nSPS) is 22.1. The van der Waals surface area contributed by atoms with Crippen LogP contribution < -0.4 is 5.32 Å². The predicted octanol–water partition coefficient (Wildman–Crippen LogP) is 3.23. The fraction of sp³-hybridized carbons (Fsp3) is 0.692. The van der Waals surface area contributed by atoms with E-state index in [0.717, 1.165) is 30.2 Å². The van der Waals surface area contributed by atoms with E-state index in [1.165, 1.54) is 6.92 Å². The Labute approximate surface area is 121 Å². The molecule has 1 fully saturated rings. The highest BCUT2D eigenvalue weighted by Gasteiger charge is 2.26. The van der Waals surface area contributed by atoms with E-state index in [9.17, 15) is 9.59 Å². The highest BCUT2D eigenvalue weighted by atomic mass is 79.9. The number of hydrogen-bond donors (Lipinski definition) is 1. The van der Waals surface area contributed by atoms with Crippen LogP contribution in [0.5, 0.6) is 0 Å². The topological polar surface area (TPSA) is 64.6 Å². The Bertz CT molecular complexity index is 368. The van der Waals surface area contributed by atoms with E-state index >= 15 is 0 Å². The number of rotatable bonds is 5. The summed E-state index contributed by atoms with van der Waals surface area (Å²) in [6, 6.07) is 0. The molecule has 108 valence electrons. The van der Waals surface area contributed by atoms with Gasteiger partial charge < -0.3 is 9.47 Å². The lowest BCUT2D eigenvalue weighted by Gasteiger charge is -2.18. The van der Waals surface area contributed by atoms with Gasteiger partial charge in [0.25, 0.3) is 0 Å². The summed E-state index contributed by atoms with van der Waals surface area (Å²) in [6.07, 6.45) is 3.57. The second-order valence-corrected chi connectivity index (χ2v) is 5.38. The molecule has 0 aliphatic carbocycles. The Morgan fingerprint density at radius 3 is 2.89 bits per heavy atom. The zero-order valence-electron chi connectivity index (χ0n) is 11.3. The molecule has 6 heteroatoms.